The fourth-order valence-electron chi connectivity index (χ4n) is 2.67. The molecule has 0 saturated carbocycles. The third kappa shape index (κ3) is 4.83. The molecule has 0 aliphatic heterocycles. The second kappa shape index (κ2) is 8.62. The molecule has 3 aromatic rings. The lowest BCUT2D eigenvalue weighted by atomic mass is 9.96. The first-order valence-electron chi connectivity index (χ1n) is 9.54. The zero-order valence-electron chi connectivity index (χ0n) is 17.5. The molecule has 0 fully saturated rings. The van der Waals surface area contributed by atoms with Gasteiger partial charge in [0, 0.05) is 17.5 Å². The SMILES string of the molecule is C=CCc1cc(-c2sc(NC(=O)C(C)(C)C)nc2C)nn1C(=O)Nc1ccccc1. The number of carbonyl (C=O) groups excluding carboxylic acids is 2. The number of anilines is 2. The standard InChI is InChI=1S/C22H25N5O2S/c1-6-10-16-13-17(26-27(16)21(29)24-15-11-8-7-9-12-15)18-14(2)23-20(30-18)25-19(28)22(3,4)5/h6-9,11-13H,1,10H2,2-5H3,(H,24,29)(H,23,25,28). The lowest BCUT2D eigenvalue weighted by Crippen LogP contribution is -2.27. The van der Waals surface area contributed by atoms with E-state index in [1.807, 2.05) is 64.1 Å². The summed E-state index contributed by atoms with van der Waals surface area (Å²) < 4.78 is 1.34. The molecule has 3 rings (SSSR count). The molecule has 1 aromatic carbocycles. The Morgan fingerprint density at radius 3 is 2.53 bits per heavy atom. The average Bonchev–Trinajstić information content (AvgIpc) is 3.25. The van der Waals surface area contributed by atoms with Crippen LogP contribution in [0.5, 0.6) is 0 Å². The van der Waals surface area contributed by atoms with E-state index < -0.39 is 5.41 Å². The Hall–Kier alpha value is -3.26. The summed E-state index contributed by atoms with van der Waals surface area (Å²) in [5.41, 5.74) is 2.24. The third-order valence-electron chi connectivity index (χ3n) is 4.28. The fourth-order valence-corrected chi connectivity index (χ4v) is 3.59. The van der Waals surface area contributed by atoms with Crippen LogP contribution in [0.2, 0.25) is 0 Å². The van der Waals surface area contributed by atoms with Gasteiger partial charge in [-0.05, 0) is 25.1 Å². The molecule has 2 N–H and O–H groups in total. The Bertz CT molecular complexity index is 1080. The van der Waals surface area contributed by atoms with Crippen molar-refractivity contribution in [2.75, 3.05) is 10.6 Å². The van der Waals surface area contributed by atoms with Gasteiger partial charge in [-0.15, -0.1) is 6.58 Å². The molecule has 156 valence electrons. The minimum Gasteiger partial charge on any atom is -0.306 e. The van der Waals surface area contributed by atoms with Crippen LogP contribution in [0.15, 0.2) is 49.1 Å². The molecule has 0 spiro atoms. The number of hydrogen-bond donors (Lipinski definition) is 2. The second-order valence-electron chi connectivity index (χ2n) is 7.86. The van der Waals surface area contributed by atoms with E-state index in [-0.39, 0.29) is 11.9 Å². The van der Waals surface area contributed by atoms with Gasteiger partial charge in [0.1, 0.15) is 5.69 Å². The Morgan fingerprint density at radius 2 is 1.90 bits per heavy atom. The first kappa shape index (κ1) is 21.4. The van der Waals surface area contributed by atoms with E-state index in [2.05, 4.69) is 27.3 Å². The van der Waals surface area contributed by atoms with Crippen LogP contribution in [-0.2, 0) is 11.2 Å². The number of nitrogens with zero attached hydrogens (tertiary/aromatic N) is 3. The van der Waals surface area contributed by atoms with Crippen molar-refractivity contribution in [2.24, 2.45) is 5.41 Å². The van der Waals surface area contributed by atoms with Gasteiger partial charge < -0.3 is 10.6 Å². The van der Waals surface area contributed by atoms with Crippen molar-refractivity contribution in [2.45, 2.75) is 34.1 Å². The van der Waals surface area contributed by atoms with Gasteiger partial charge in [0.15, 0.2) is 5.13 Å². The highest BCUT2D eigenvalue weighted by Crippen LogP contribution is 2.33. The molecule has 0 bridgehead atoms. The molecule has 2 heterocycles. The zero-order valence-corrected chi connectivity index (χ0v) is 18.3. The summed E-state index contributed by atoms with van der Waals surface area (Å²) in [6.45, 7) is 11.2. The highest BCUT2D eigenvalue weighted by atomic mass is 32.1. The third-order valence-corrected chi connectivity index (χ3v) is 5.38. The van der Waals surface area contributed by atoms with Crippen molar-refractivity contribution in [1.29, 1.82) is 0 Å². The molecular formula is C22H25N5O2S. The van der Waals surface area contributed by atoms with Crippen LogP contribution in [0.25, 0.3) is 10.6 Å². The molecule has 0 radical (unpaired) electrons. The van der Waals surface area contributed by atoms with Crippen molar-refractivity contribution in [1.82, 2.24) is 14.8 Å². The van der Waals surface area contributed by atoms with Crippen molar-refractivity contribution < 1.29 is 9.59 Å². The van der Waals surface area contributed by atoms with Crippen LogP contribution in [0.1, 0.15) is 32.2 Å². The van der Waals surface area contributed by atoms with Gasteiger partial charge in [0.25, 0.3) is 0 Å². The molecule has 0 aliphatic carbocycles. The molecule has 0 saturated heterocycles. The average molecular weight is 424 g/mol. The van der Waals surface area contributed by atoms with E-state index in [0.29, 0.717) is 28.6 Å². The number of hydrogen-bond acceptors (Lipinski definition) is 5. The number of aryl methyl sites for hydroxylation is 1. The molecule has 2 amide bonds. The van der Waals surface area contributed by atoms with Gasteiger partial charge in [-0.2, -0.15) is 9.78 Å². The van der Waals surface area contributed by atoms with Crippen molar-refractivity contribution >= 4 is 34.1 Å². The van der Waals surface area contributed by atoms with Crippen LogP contribution in [0, 0.1) is 12.3 Å². The van der Waals surface area contributed by atoms with Gasteiger partial charge in [0.05, 0.1) is 16.3 Å². The predicted octanol–water partition coefficient (Wildman–Crippen LogP) is 5.11. The Balaban J connectivity index is 1.90. The minimum absolute atomic E-state index is 0.108. The lowest BCUT2D eigenvalue weighted by Gasteiger charge is -2.15. The first-order valence-corrected chi connectivity index (χ1v) is 10.4. The van der Waals surface area contributed by atoms with Crippen molar-refractivity contribution in [3.05, 3.63) is 60.4 Å². The molecule has 30 heavy (non-hydrogen) atoms. The van der Waals surface area contributed by atoms with Gasteiger partial charge in [-0.3, -0.25) is 4.79 Å². The topological polar surface area (TPSA) is 88.9 Å². The van der Waals surface area contributed by atoms with Gasteiger partial charge in [-0.25, -0.2) is 9.78 Å². The summed E-state index contributed by atoms with van der Waals surface area (Å²) in [5, 5.41) is 10.7. The maximum Gasteiger partial charge on any atom is 0.346 e. The molecule has 0 aliphatic rings. The van der Waals surface area contributed by atoms with E-state index in [9.17, 15) is 9.59 Å². The quantitative estimate of drug-likeness (QED) is 0.558. The highest BCUT2D eigenvalue weighted by Gasteiger charge is 2.24. The minimum atomic E-state index is -0.520. The molecule has 0 atom stereocenters. The number of amides is 2. The second-order valence-corrected chi connectivity index (χ2v) is 8.86. The van der Waals surface area contributed by atoms with Crippen LogP contribution >= 0.6 is 11.3 Å². The maximum absolute atomic E-state index is 12.8. The number of para-hydroxylation sites is 1. The summed E-state index contributed by atoms with van der Waals surface area (Å²) >= 11 is 1.34. The Kier molecular flexibility index (Phi) is 6.17. The van der Waals surface area contributed by atoms with Gasteiger partial charge in [-0.1, -0.05) is 56.4 Å². The van der Waals surface area contributed by atoms with E-state index >= 15 is 0 Å². The Morgan fingerprint density at radius 1 is 1.20 bits per heavy atom. The molecule has 0 unspecified atom stereocenters. The van der Waals surface area contributed by atoms with Crippen molar-refractivity contribution in [3.63, 3.8) is 0 Å². The van der Waals surface area contributed by atoms with E-state index in [0.717, 1.165) is 10.6 Å². The van der Waals surface area contributed by atoms with Crippen LogP contribution in [0.4, 0.5) is 15.6 Å². The molecule has 7 nitrogen and oxygen atoms in total. The molecule has 2 aromatic heterocycles. The number of thiazole rings is 1. The number of nitrogens with one attached hydrogen (secondary N) is 2. The molecular weight excluding hydrogens is 398 g/mol. The largest absolute Gasteiger partial charge is 0.346 e. The predicted molar refractivity (Wildman–Crippen MR) is 121 cm³/mol. The van der Waals surface area contributed by atoms with Crippen LogP contribution < -0.4 is 10.6 Å². The number of allylic oxidation sites excluding steroid dienone is 1. The van der Waals surface area contributed by atoms with Crippen molar-refractivity contribution in [3.8, 4) is 10.6 Å². The monoisotopic (exact) mass is 423 g/mol. The van der Waals surface area contributed by atoms with Crippen LogP contribution in [0.3, 0.4) is 0 Å². The van der Waals surface area contributed by atoms with Gasteiger partial charge in [0.2, 0.25) is 5.91 Å². The number of carbonyl (C=O) groups is 2. The maximum atomic E-state index is 12.8. The fraction of sp³-hybridized carbons (Fsp3) is 0.273. The number of rotatable bonds is 5. The highest BCUT2D eigenvalue weighted by molar-refractivity contribution is 7.19. The van der Waals surface area contributed by atoms with E-state index in [4.69, 9.17) is 0 Å². The molecule has 8 heteroatoms. The smallest absolute Gasteiger partial charge is 0.306 e. The normalized spacial score (nSPS) is 11.2. The summed E-state index contributed by atoms with van der Waals surface area (Å²) in [5.74, 6) is -0.108. The number of benzene rings is 1. The Labute approximate surface area is 179 Å². The summed E-state index contributed by atoms with van der Waals surface area (Å²) in [4.78, 5) is 30.3. The van der Waals surface area contributed by atoms with E-state index in [1.54, 1.807) is 6.08 Å². The first-order chi connectivity index (χ1) is 14.2. The summed E-state index contributed by atoms with van der Waals surface area (Å²) in [6.07, 6.45) is 2.21. The summed E-state index contributed by atoms with van der Waals surface area (Å²) in [7, 11) is 0. The lowest BCUT2D eigenvalue weighted by molar-refractivity contribution is -0.123. The summed E-state index contributed by atoms with van der Waals surface area (Å²) in [6, 6.07) is 10.7. The number of aromatic nitrogens is 3. The van der Waals surface area contributed by atoms with Crippen LogP contribution in [-0.4, -0.2) is 26.7 Å². The van der Waals surface area contributed by atoms with E-state index in [1.165, 1.54) is 16.0 Å². The van der Waals surface area contributed by atoms with Gasteiger partial charge >= 0.3 is 6.03 Å². The zero-order chi connectivity index (χ0) is 21.9.